The van der Waals surface area contributed by atoms with Crippen LogP contribution in [0.25, 0.3) is 22.3 Å². The minimum absolute atomic E-state index is 0.313. The van der Waals surface area contributed by atoms with E-state index < -0.39 is 5.91 Å². The molecule has 0 atom stereocenters. The summed E-state index contributed by atoms with van der Waals surface area (Å²) in [6.07, 6.45) is 3.00. The van der Waals surface area contributed by atoms with Gasteiger partial charge in [-0.2, -0.15) is 4.68 Å². The Kier molecular flexibility index (Phi) is 4.40. The fourth-order valence-electron chi connectivity index (χ4n) is 2.69. The number of rotatable bonds is 3. The number of halogens is 1. The molecule has 7 heteroatoms. The summed E-state index contributed by atoms with van der Waals surface area (Å²) >= 11 is 5.96. The summed E-state index contributed by atoms with van der Waals surface area (Å²) in [5.41, 5.74) is 3.78. The van der Waals surface area contributed by atoms with Crippen LogP contribution in [0.15, 0.2) is 77.9 Å². The first kappa shape index (κ1) is 16.9. The Bertz CT molecular complexity index is 1190. The summed E-state index contributed by atoms with van der Waals surface area (Å²) < 4.78 is 1.15. The van der Waals surface area contributed by atoms with Crippen LogP contribution >= 0.6 is 11.6 Å². The van der Waals surface area contributed by atoms with E-state index in [-0.39, 0.29) is 5.56 Å². The Labute approximate surface area is 159 Å². The van der Waals surface area contributed by atoms with E-state index >= 15 is 0 Å². The van der Waals surface area contributed by atoms with Gasteiger partial charge in [-0.05, 0) is 48.5 Å². The third-order valence-corrected chi connectivity index (χ3v) is 4.27. The van der Waals surface area contributed by atoms with Crippen molar-refractivity contribution in [2.75, 3.05) is 5.43 Å². The van der Waals surface area contributed by atoms with Crippen LogP contribution in [-0.2, 0) is 0 Å². The number of para-hydroxylation sites is 1. The predicted molar refractivity (Wildman–Crippen MR) is 104 cm³/mol. The number of amides is 1. The Morgan fingerprint density at radius 1 is 1.00 bits per heavy atom. The van der Waals surface area contributed by atoms with E-state index in [4.69, 9.17) is 11.6 Å². The maximum Gasteiger partial charge on any atom is 0.280 e. The number of carbonyl (C=O) groups is 1. The first-order valence-corrected chi connectivity index (χ1v) is 8.50. The number of aromatic nitrogens is 3. The molecule has 0 bridgehead atoms. The smallest absolute Gasteiger partial charge is 0.267 e. The highest BCUT2D eigenvalue weighted by Crippen LogP contribution is 2.20. The lowest BCUT2D eigenvalue weighted by atomic mass is 10.2. The summed E-state index contributed by atoms with van der Waals surface area (Å²) in [4.78, 5) is 34.1. The van der Waals surface area contributed by atoms with Gasteiger partial charge in [0.05, 0.1) is 16.5 Å². The van der Waals surface area contributed by atoms with Crippen molar-refractivity contribution in [3.05, 3.63) is 94.0 Å². The monoisotopic (exact) mass is 376 g/mol. The van der Waals surface area contributed by atoms with Gasteiger partial charge in [0.2, 0.25) is 0 Å². The van der Waals surface area contributed by atoms with Crippen molar-refractivity contribution in [1.29, 1.82) is 0 Å². The van der Waals surface area contributed by atoms with Crippen LogP contribution in [0, 0.1) is 0 Å². The van der Waals surface area contributed by atoms with E-state index in [1.54, 1.807) is 66.9 Å². The summed E-state index contributed by atoms with van der Waals surface area (Å²) in [5.74, 6) is -0.148. The van der Waals surface area contributed by atoms with Gasteiger partial charge in [-0.25, -0.2) is 4.98 Å². The second kappa shape index (κ2) is 7.01. The highest BCUT2D eigenvalue weighted by Gasteiger charge is 2.16. The van der Waals surface area contributed by atoms with E-state index in [1.165, 1.54) is 6.20 Å². The van der Waals surface area contributed by atoms with Crippen LogP contribution in [0.5, 0.6) is 0 Å². The quantitative estimate of drug-likeness (QED) is 0.593. The zero-order valence-corrected chi connectivity index (χ0v) is 14.7. The predicted octanol–water partition coefficient (Wildman–Crippen LogP) is 3.50. The summed E-state index contributed by atoms with van der Waals surface area (Å²) in [6, 6.07) is 17.1. The van der Waals surface area contributed by atoms with Crippen LogP contribution < -0.4 is 11.0 Å². The average Bonchev–Trinajstić information content (AvgIpc) is 2.71. The second-order valence-electron chi connectivity index (χ2n) is 5.78. The number of pyridine rings is 1. The summed E-state index contributed by atoms with van der Waals surface area (Å²) in [6.45, 7) is 0. The van der Waals surface area contributed by atoms with Gasteiger partial charge in [-0.3, -0.25) is 20.0 Å². The van der Waals surface area contributed by atoms with Gasteiger partial charge < -0.3 is 0 Å². The molecule has 1 N–H and O–H groups in total. The molecule has 0 aliphatic carbocycles. The normalized spacial score (nSPS) is 10.7. The Morgan fingerprint density at radius 3 is 2.52 bits per heavy atom. The number of nitrogens with one attached hydrogen (secondary N) is 1. The molecule has 2 aromatic heterocycles. The fourth-order valence-corrected chi connectivity index (χ4v) is 2.82. The van der Waals surface area contributed by atoms with Crippen molar-refractivity contribution in [2.45, 2.75) is 0 Å². The van der Waals surface area contributed by atoms with Crippen molar-refractivity contribution in [2.24, 2.45) is 0 Å². The zero-order valence-electron chi connectivity index (χ0n) is 14.0. The lowest BCUT2D eigenvalue weighted by Crippen LogP contribution is -2.35. The summed E-state index contributed by atoms with van der Waals surface area (Å²) in [5, 5.41) is 0.967. The standard InChI is InChI=1S/C20H13ClN4O2/c21-15-9-7-13(8-10-15)18-23-17-6-2-1-5-16(17)20(27)25(18)24-19(26)14-4-3-11-22-12-14/h1-12H,(H,24,26). The molecule has 132 valence electrons. The van der Waals surface area contributed by atoms with Crippen LogP contribution in [0.3, 0.4) is 0 Å². The maximum absolute atomic E-state index is 13.0. The van der Waals surface area contributed by atoms with Crippen molar-refractivity contribution in [3.8, 4) is 11.4 Å². The van der Waals surface area contributed by atoms with Gasteiger partial charge >= 0.3 is 0 Å². The molecule has 0 aliphatic heterocycles. The van der Waals surface area contributed by atoms with Crippen LogP contribution in [0.4, 0.5) is 0 Å². The average molecular weight is 377 g/mol. The van der Waals surface area contributed by atoms with E-state index in [0.717, 1.165) is 4.68 Å². The van der Waals surface area contributed by atoms with E-state index in [2.05, 4.69) is 15.4 Å². The number of nitrogens with zero attached hydrogens (tertiary/aromatic N) is 3. The molecule has 0 saturated carbocycles. The molecule has 0 fully saturated rings. The van der Waals surface area contributed by atoms with Crippen LogP contribution in [0.1, 0.15) is 10.4 Å². The molecule has 4 rings (SSSR count). The van der Waals surface area contributed by atoms with Gasteiger partial charge in [0.1, 0.15) is 0 Å². The van der Waals surface area contributed by atoms with E-state index in [1.807, 2.05) is 0 Å². The van der Waals surface area contributed by atoms with Crippen molar-refractivity contribution in [1.82, 2.24) is 14.6 Å². The highest BCUT2D eigenvalue weighted by molar-refractivity contribution is 6.30. The van der Waals surface area contributed by atoms with Gasteiger partial charge in [0.15, 0.2) is 5.82 Å². The number of hydrogen-bond acceptors (Lipinski definition) is 4. The second-order valence-corrected chi connectivity index (χ2v) is 6.22. The van der Waals surface area contributed by atoms with Gasteiger partial charge in [0, 0.05) is 23.0 Å². The molecule has 4 aromatic rings. The lowest BCUT2D eigenvalue weighted by Gasteiger charge is -2.14. The Balaban J connectivity index is 1.90. The molecule has 27 heavy (non-hydrogen) atoms. The molecule has 6 nitrogen and oxygen atoms in total. The Hall–Kier alpha value is -3.51. The third-order valence-electron chi connectivity index (χ3n) is 4.02. The minimum atomic E-state index is -0.461. The molecule has 0 radical (unpaired) electrons. The molecule has 2 aromatic carbocycles. The maximum atomic E-state index is 13.0. The number of hydrogen-bond donors (Lipinski definition) is 1. The fraction of sp³-hybridized carbons (Fsp3) is 0. The van der Waals surface area contributed by atoms with E-state index in [0.29, 0.717) is 32.9 Å². The first-order chi connectivity index (χ1) is 13.1. The first-order valence-electron chi connectivity index (χ1n) is 8.12. The lowest BCUT2D eigenvalue weighted by molar-refractivity contribution is 0.101. The van der Waals surface area contributed by atoms with E-state index in [9.17, 15) is 9.59 Å². The molecular weight excluding hydrogens is 364 g/mol. The van der Waals surface area contributed by atoms with Gasteiger partial charge in [-0.1, -0.05) is 23.7 Å². The highest BCUT2D eigenvalue weighted by atomic mass is 35.5. The molecule has 1 amide bonds. The molecule has 0 unspecified atom stereocenters. The van der Waals surface area contributed by atoms with Crippen molar-refractivity contribution in [3.63, 3.8) is 0 Å². The number of carbonyl (C=O) groups excluding carboxylic acids is 1. The minimum Gasteiger partial charge on any atom is -0.267 e. The topological polar surface area (TPSA) is 76.9 Å². The summed E-state index contributed by atoms with van der Waals surface area (Å²) in [7, 11) is 0. The molecule has 2 heterocycles. The SMILES string of the molecule is O=C(Nn1c(-c2ccc(Cl)cc2)nc2ccccc2c1=O)c1cccnc1. The van der Waals surface area contributed by atoms with Crippen LogP contribution in [-0.4, -0.2) is 20.6 Å². The van der Waals surface area contributed by atoms with Gasteiger partial charge in [-0.15, -0.1) is 0 Å². The number of benzene rings is 2. The van der Waals surface area contributed by atoms with Gasteiger partial charge in [0.25, 0.3) is 11.5 Å². The third kappa shape index (κ3) is 3.30. The molecular formula is C20H13ClN4O2. The Morgan fingerprint density at radius 2 is 1.78 bits per heavy atom. The largest absolute Gasteiger partial charge is 0.280 e. The molecule has 0 aliphatic rings. The molecule has 0 saturated heterocycles. The van der Waals surface area contributed by atoms with Crippen molar-refractivity contribution >= 4 is 28.4 Å². The van der Waals surface area contributed by atoms with Crippen molar-refractivity contribution < 1.29 is 4.79 Å². The molecule has 0 spiro atoms. The number of fused-ring (bicyclic) bond motifs is 1. The van der Waals surface area contributed by atoms with Crippen LogP contribution in [0.2, 0.25) is 5.02 Å². The zero-order chi connectivity index (χ0) is 18.8.